The minimum Gasteiger partial charge on any atom is -0.381 e. The van der Waals surface area contributed by atoms with Crippen molar-refractivity contribution in [1.29, 1.82) is 0 Å². The van der Waals surface area contributed by atoms with E-state index in [-0.39, 0.29) is 0 Å². The van der Waals surface area contributed by atoms with Crippen molar-refractivity contribution < 1.29 is 9.53 Å². The lowest BCUT2D eigenvalue weighted by molar-refractivity contribution is -0.120. The van der Waals surface area contributed by atoms with E-state index in [1.807, 2.05) is 6.92 Å². The number of hydrogen-bond acceptors (Lipinski definition) is 2. The van der Waals surface area contributed by atoms with Gasteiger partial charge in [-0.2, -0.15) is 0 Å². The van der Waals surface area contributed by atoms with E-state index >= 15 is 0 Å². The van der Waals surface area contributed by atoms with Crippen molar-refractivity contribution in [3.63, 3.8) is 0 Å². The molecule has 0 unspecified atom stereocenters. The van der Waals surface area contributed by atoms with Gasteiger partial charge in [0.1, 0.15) is 5.78 Å². The number of hydrogen-bond donors (Lipinski definition) is 0. The van der Waals surface area contributed by atoms with E-state index in [0.29, 0.717) is 25.4 Å². The maximum Gasteiger partial charge on any atom is 0.135 e. The van der Waals surface area contributed by atoms with Gasteiger partial charge in [-0.1, -0.05) is 51.9 Å². The molecule has 0 atom stereocenters. The van der Waals surface area contributed by atoms with Gasteiger partial charge in [0.05, 0.1) is 6.61 Å². The summed E-state index contributed by atoms with van der Waals surface area (Å²) in [6.07, 6.45) is 11.7. The second kappa shape index (κ2) is 13.7. The molecule has 0 saturated carbocycles. The van der Waals surface area contributed by atoms with E-state index < -0.39 is 0 Å². The molecule has 0 heterocycles. The summed E-state index contributed by atoms with van der Waals surface area (Å²) in [5, 5.41) is 0. The molecule has 0 rings (SSSR count). The molecule has 2 heteroatoms. The number of carbonyl (C=O) groups is 1. The van der Waals surface area contributed by atoms with E-state index in [0.717, 1.165) is 12.8 Å². The van der Waals surface area contributed by atoms with Gasteiger partial charge in [-0.3, -0.25) is 4.79 Å². The quantitative estimate of drug-likeness (QED) is 0.444. The molecule has 0 aromatic carbocycles. The zero-order valence-corrected chi connectivity index (χ0v) is 11.8. The largest absolute Gasteiger partial charge is 0.381 e. The third kappa shape index (κ3) is 13.6. The third-order valence-corrected chi connectivity index (χ3v) is 3.04. The van der Waals surface area contributed by atoms with Crippen LogP contribution in [0.1, 0.15) is 78.1 Å². The van der Waals surface area contributed by atoms with Crippen LogP contribution in [0.15, 0.2) is 0 Å². The van der Waals surface area contributed by atoms with Gasteiger partial charge in [-0.05, 0) is 13.3 Å². The predicted molar refractivity (Wildman–Crippen MR) is 73.3 cm³/mol. The molecule has 0 aliphatic heterocycles. The summed E-state index contributed by atoms with van der Waals surface area (Å²) in [7, 11) is 0. The standard InChI is InChI=1S/C15H30O2/c1-3-5-6-7-8-9-10-11-12-15(16)13-14-17-4-2/h3-14H2,1-2H3. The summed E-state index contributed by atoms with van der Waals surface area (Å²) in [4.78, 5) is 11.4. The van der Waals surface area contributed by atoms with Gasteiger partial charge in [-0.15, -0.1) is 0 Å². The Balaban J connectivity index is 3.08. The fourth-order valence-electron chi connectivity index (χ4n) is 1.91. The molecule has 0 saturated heterocycles. The molecule has 0 fully saturated rings. The molecular weight excluding hydrogens is 212 g/mol. The van der Waals surface area contributed by atoms with Crippen molar-refractivity contribution in [3.8, 4) is 0 Å². The maximum absolute atomic E-state index is 11.4. The summed E-state index contributed by atoms with van der Waals surface area (Å²) in [6.45, 7) is 5.52. The fraction of sp³-hybridized carbons (Fsp3) is 0.933. The van der Waals surface area contributed by atoms with Crippen molar-refractivity contribution in [2.45, 2.75) is 78.1 Å². The molecule has 0 amide bonds. The van der Waals surface area contributed by atoms with Gasteiger partial charge < -0.3 is 4.74 Å². The second-order valence-corrected chi connectivity index (χ2v) is 4.71. The molecule has 17 heavy (non-hydrogen) atoms. The molecule has 2 nitrogen and oxygen atoms in total. The van der Waals surface area contributed by atoms with Gasteiger partial charge in [0.15, 0.2) is 0 Å². The van der Waals surface area contributed by atoms with Crippen LogP contribution in [-0.4, -0.2) is 19.0 Å². The Morgan fingerprint density at radius 3 is 2.00 bits per heavy atom. The smallest absolute Gasteiger partial charge is 0.135 e. The molecule has 0 spiro atoms. The summed E-state index contributed by atoms with van der Waals surface area (Å²) in [6, 6.07) is 0. The lowest BCUT2D eigenvalue weighted by atomic mass is 10.1. The molecule has 0 bridgehead atoms. The van der Waals surface area contributed by atoms with E-state index in [9.17, 15) is 4.79 Å². The molecule has 0 aliphatic rings. The van der Waals surface area contributed by atoms with Gasteiger partial charge in [0.25, 0.3) is 0 Å². The van der Waals surface area contributed by atoms with Crippen LogP contribution in [-0.2, 0) is 9.53 Å². The molecule has 102 valence electrons. The number of ether oxygens (including phenoxy) is 1. The van der Waals surface area contributed by atoms with Gasteiger partial charge in [-0.25, -0.2) is 0 Å². The average Bonchev–Trinajstić information content (AvgIpc) is 2.33. The Morgan fingerprint density at radius 2 is 1.41 bits per heavy atom. The van der Waals surface area contributed by atoms with Gasteiger partial charge in [0.2, 0.25) is 0 Å². The minimum absolute atomic E-state index is 0.365. The second-order valence-electron chi connectivity index (χ2n) is 4.71. The van der Waals surface area contributed by atoms with E-state index in [4.69, 9.17) is 4.74 Å². The van der Waals surface area contributed by atoms with Crippen LogP contribution in [0, 0.1) is 0 Å². The van der Waals surface area contributed by atoms with E-state index in [2.05, 4.69) is 6.92 Å². The van der Waals surface area contributed by atoms with E-state index in [1.54, 1.807) is 0 Å². The summed E-state index contributed by atoms with van der Waals surface area (Å²) >= 11 is 0. The van der Waals surface area contributed by atoms with Crippen LogP contribution in [0.25, 0.3) is 0 Å². The van der Waals surface area contributed by atoms with Crippen LogP contribution in [0.3, 0.4) is 0 Å². The van der Waals surface area contributed by atoms with Crippen molar-refractivity contribution in [2.24, 2.45) is 0 Å². The highest BCUT2D eigenvalue weighted by molar-refractivity contribution is 5.78. The predicted octanol–water partition coefficient (Wildman–Crippen LogP) is 4.51. The lowest BCUT2D eigenvalue weighted by Gasteiger charge is -2.02. The molecular formula is C15H30O2. The van der Waals surface area contributed by atoms with Gasteiger partial charge >= 0.3 is 0 Å². The van der Waals surface area contributed by atoms with E-state index in [1.165, 1.54) is 44.9 Å². The highest BCUT2D eigenvalue weighted by atomic mass is 16.5. The maximum atomic E-state index is 11.4. The molecule has 0 aromatic heterocycles. The highest BCUT2D eigenvalue weighted by Crippen LogP contribution is 2.10. The SMILES string of the molecule is CCCCCCCCCCC(=O)CCOCC. The van der Waals surface area contributed by atoms with Crippen molar-refractivity contribution >= 4 is 5.78 Å². The van der Waals surface area contributed by atoms with Crippen molar-refractivity contribution in [1.82, 2.24) is 0 Å². The first-order valence-electron chi connectivity index (χ1n) is 7.40. The number of rotatable bonds is 13. The number of ketones is 1. The Hall–Kier alpha value is -0.370. The highest BCUT2D eigenvalue weighted by Gasteiger charge is 2.01. The summed E-state index contributed by atoms with van der Waals surface area (Å²) in [5.74, 6) is 0.365. The Bertz CT molecular complexity index is 166. The molecule has 0 N–H and O–H groups in total. The molecule has 0 aliphatic carbocycles. The summed E-state index contributed by atoms with van der Waals surface area (Å²) in [5.41, 5.74) is 0. The fourth-order valence-corrected chi connectivity index (χ4v) is 1.91. The first-order chi connectivity index (χ1) is 8.31. The van der Waals surface area contributed by atoms with Crippen LogP contribution in [0.2, 0.25) is 0 Å². The normalized spacial score (nSPS) is 10.7. The zero-order valence-electron chi connectivity index (χ0n) is 11.8. The number of unbranched alkanes of at least 4 members (excludes halogenated alkanes) is 7. The lowest BCUT2D eigenvalue weighted by Crippen LogP contribution is -2.03. The topological polar surface area (TPSA) is 26.3 Å². The number of Topliss-reactive ketones (excluding diaryl/α,β-unsaturated/α-hetero) is 1. The minimum atomic E-state index is 0.365. The van der Waals surface area contributed by atoms with Crippen LogP contribution in [0.5, 0.6) is 0 Å². The summed E-state index contributed by atoms with van der Waals surface area (Å²) < 4.78 is 5.17. The average molecular weight is 242 g/mol. The van der Waals surface area contributed by atoms with Crippen LogP contribution >= 0.6 is 0 Å². The zero-order chi connectivity index (χ0) is 12.8. The third-order valence-electron chi connectivity index (χ3n) is 3.04. The monoisotopic (exact) mass is 242 g/mol. The van der Waals surface area contributed by atoms with Crippen LogP contribution in [0.4, 0.5) is 0 Å². The van der Waals surface area contributed by atoms with Crippen molar-refractivity contribution in [3.05, 3.63) is 0 Å². The first-order valence-corrected chi connectivity index (χ1v) is 7.40. The van der Waals surface area contributed by atoms with Crippen molar-refractivity contribution in [2.75, 3.05) is 13.2 Å². The van der Waals surface area contributed by atoms with Crippen LogP contribution < -0.4 is 0 Å². The molecule has 0 radical (unpaired) electrons. The Morgan fingerprint density at radius 1 is 0.824 bits per heavy atom. The van der Waals surface area contributed by atoms with Gasteiger partial charge in [0, 0.05) is 19.4 Å². The number of carbonyl (C=O) groups excluding carboxylic acids is 1. The molecule has 0 aromatic rings. The Kier molecular flexibility index (Phi) is 13.4. The first kappa shape index (κ1) is 16.6. The Labute approximate surface area is 107 Å².